The van der Waals surface area contributed by atoms with Crippen molar-refractivity contribution in [3.8, 4) is 11.1 Å². The molecular weight excluding hydrogens is 2100 g/mol. The summed E-state index contributed by atoms with van der Waals surface area (Å²) >= 11 is 22.3. The molecule has 5 unspecified atom stereocenters. The minimum absolute atomic E-state index is 0. The van der Waals surface area contributed by atoms with E-state index in [9.17, 15) is 37.1 Å². The Hall–Kier alpha value is -4.78. The van der Waals surface area contributed by atoms with Crippen LogP contribution in [-0.4, -0.2) is 162 Å². The molecule has 3 amide bonds. The summed E-state index contributed by atoms with van der Waals surface area (Å²) in [7, 11) is 3.75. The van der Waals surface area contributed by atoms with Gasteiger partial charge in [-0.2, -0.15) is 27.4 Å². The fourth-order valence-corrected chi connectivity index (χ4v) is 13.2. The molecule has 2 radical (unpaired) electrons. The molecule has 6 aromatic carbocycles. The van der Waals surface area contributed by atoms with Crippen LogP contribution in [0.25, 0.3) is 32.9 Å². The van der Waals surface area contributed by atoms with Gasteiger partial charge in [-0.25, -0.2) is 34.0 Å². The average molecular weight is 2200 g/mol. The number of nitrogens with zero attached hydrogens (tertiary/aromatic N) is 3. The number of Topliss-reactive ketones (excluding diaryl/α,β-unsaturated/α-hetero) is 1. The molecule has 34 heteroatoms. The first kappa shape index (κ1) is 99.8. The van der Waals surface area contributed by atoms with E-state index < -0.39 is 35.0 Å². The van der Waals surface area contributed by atoms with Crippen LogP contribution in [0.4, 0.5) is 22.8 Å². The first-order valence-corrected chi connectivity index (χ1v) is 46.9. The van der Waals surface area contributed by atoms with Gasteiger partial charge in [0.05, 0.1) is 61.3 Å². The SMILES string of the molecule is Brc1ccc2c(C3CCOC3)[nH]nc2c1.C1CCOC1.CC(C)(C)OC(=O)N/N=C(\c1ccc(Br)cc1F)C1CCOC1.CC(C)(C)OC(=O)NN.CCNC(=O)c1cc(C)c(C)c(-c2ccc3c(C4CCOC4)[nH]nc3c2)c1.Fc1[c-]ccc(Br)c1.O=C(Cl)C1CCOC1.O=C(c1ccc(Br)cc1F)C1CCOC1.[2H][B].[U].[Zn+][Br]. The number of ketones is 1. The maximum atomic E-state index is 14.3. The van der Waals surface area contributed by atoms with E-state index in [4.69, 9.17) is 56.7 Å². The number of fused-ring (bicyclic) bond motifs is 2. The molecule has 114 heavy (non-hydrogen) atoms. The predicted molar refractivity (Wildman–Crippen MR) is 448 cm³/mol. The maximum absolute atomic E-state index is 14.3. The summed E-state index contributed by atoms with van der Waals surface area (Å²) in [5.74, 6) is 3.95. The zero-order chi connectivity index (χ0) is 84.1. The Labute approximate surface area is 746 Å². The number of hydrazone groups is 1. The quantitative estimate of drug-likeness (QED) is 0.0103. The number of H-pyrrole nitrogens is 2. The van der Waals surface area contributed by atoms with Crippen molar-refractivity contribution in [2.45, 2.75) is 130 Å². The summed E-state index contributed by atoms with van der Waals surface area (Å²) in [5.41, 5.74) is 13.6. The molecule has 612 valence electrons. The molecule has 14 rings (SSSR count). The summed E-state index contributed by atoms with van der Waals surface area (Å²) in [5, 5.41) is 24.3. The second kappa shape index (κ2) is 52.3. The Kier molecular flexibility index (Phi) is 45.8. The van der Waals surface area contributed by atoms with Crippen LogP contribution >= 0.6 is 88.9 Å². The van der Waals surface area contributed by atoms with Crippen molar-refractivity contribution in [3.05, 3.63) is 184 Å². The van der Waals surface area contributed by atoms with Crippen LogP contribution in [-0.2, 0) is 59.0 Å². The summed E-state index contributed by atoms with van der Waals surface area (Å²) in [6, 6.07) is 32.7. The number of aryl methyl sites for hydroxylation is 1. The van der Waals surface area contributed by atoms with Gasteiger partial charge in [-0.15, -0.1) is 12.1 Å². The van der Waals surface area contributed by atoms with Gasteiger partial charge in [-0.1, -0.05) is 80.3 Å². The van der Waals surface area contributed by atoms with Gasteiger partial charge in [0.2, 0.25) is 5.24 Å². The van der Waals surface area contributed by atoms with E-state index in [2.05, 4.69) is 165 Å². The van der Waals surface area contributed by atoms with Crippen molar-refractivity contribution in [3.63, 3.8) is 0 Å². The number of amides is 3. The van der Waals surface area contributed by atoms with Gasteiger partial charge in [0, 0.05) is 168 Å². The first-order chi connectivity index (χ1) is 54.4. The van der Waals surface area contributed by atoms with Crippen molar-refractivity contribution in [2.24, 2.45) is 28.7 Å². The van der Waals surface area contributed by atoms with E-state index in [0.29, 0.717) is 90.2 Å². The van der Waals surface area contributed by atoms with Crippen molar-refractivity contribution < 1.29 is 122 Å². The molecule has 5 atom stereocenters. The fraction of sp³-hybridized carbons (Fsp3) is 0.450. The van der Waals surface area contributed by atoms with Crippen LogP contribution in [0, 0.1) is 86.2 Å². The molecule has 7 N–H and O–H groups in total. The molecule has 8 heterocycles. The molecule has 0 saturated carbocycles. The van der Waals surface area contributed by atoms with Gasteiger partial charge in [0.1, 0.15) is 22.8 Å². The molecular formula is C80H97BBr5ClF3N9O13UZn. The predicted octanol–water partition coefficient (Wildman–Crippen LogP) is 18.1. The van der Waals surface area contributed by atoms with Crippen LogP contribution in [0.5, 0.6) is 0 Å². The minimum atomic E-state index is -0.675. The number of carbonyl (C=O) groups excluding carboxylic acids is 5. The number of aromatic nitrogens is 4. The normalized spacial score (nSPS) is 17.9. The number of benzene rings is 6. The molecule has 22 nitrogen and oxygen atoms in total. The number of ether oxygens (including phenoxy) is 8. The average Bonchev–Trinajstić information content (AvgIpc) is 1.77. The molecule has 6 saturated heterocycles. The fourth-order valence-electron chi connectivity index (χ4n) is 11.7. The second-order valence-corrected chi connectivity index (χ2v) is 32.2. The van der Waals surface area contributed by atoms with E-state index >= 15 is 0 Å². The molecule has 6 aliphatic heterocycles. The van der Waals surface area contributed by atoms with Crippen LogP contribution in [0.3, 0.4) is 0 Å². The number of nitrogens with two attached hydrogens (primary N) is 1. The number of hydrogen-bond donors (Lipinski definition) is 6. The topological polar surface area (TPSA) is 291 Å². The molecule has 6 aliphatic rings. The van der Waals surface area contributed by atoms with Crippen molar-refractivity contribution in [1.82, 2.24) is 36.6 Å². The van der Waals surface area contributed by atoms with Crippen LogP contribution < -0.4 is 22.0 Å². The Bertz CT molecular complexity index is 4370. The molecule has 0 bridgehead atoms. The first-order valence-electron chi connectivity index (χ1n) is 37.0. The molecule has 2 aromatic heterocycles. The number of hydrazine groups is 1. The number of halogens is 9. The molecule has 0 aliphatic carbocycles. The van der Waals surface area contributed by atoms with E-state index in [0.717, 1.165) is 113 Å². The molecule has 8 aromatic rings. The van der Waals surface area contributed by atoms with Crippen LogP contribution in [0.2, 0.25) is 0 Å². The van der Waals surface area contributed by atoms with Crippen molar-refractivity contribution in [1.29, 1.82) is 1.34 Å². The molecule has 6 fully saturated rings. The number of carbonyl (C=O) groups is 5. The van der Waals surface area contributed by atoms with Crippen LogP contribution in [0.1, 0.15) is 154 Å². The summed E-state index contributed by atoms with van der Waals surface area (Å²) in [4.78, 5) is 56.6. The van der Waals surface area contributed by atoms with Gasteiger partial charge < -0.3 is 43.2 Å². The third kappa shape index (κ3) is 34.5. The Balaban J connectivity index is 0.000000288. The van der Waals surface area contributed by atoms with Gasteiger partial charge in [-0.05, 0) is 215 Å². The van der Waals surface area contributed by atoms with Crippen molar-refractivity contribution >= 4 is 154 Å². The van der Waals surface area contributed by atoms with E-state index in [1.165, 1.54) is 76.2 Å². The van der Waals surface area contributed by atoms with E-state index in [-0.39, 0.29) is 77.2 Å². The van der Waals surface area contributed by atoms with E-state index in [1.54, 1.807) is 65.8 Å². The Morgan fingerprint density at radius 2 is 1.10 bits per heavy atom. The zero-order valence-electron chi connectivity index (χ0n) is 66.3. The zero-order valence-corrected chi connectivity index (χ0v) is 81.1. The van der Waals surface area contributed by atoms with E-state index in [1.807, 2.05) is 37.5 Å². The monoisotopic (exact) mass is 2190 g/mol. The van der Waals surface area contributed by atoms with Gasteiger partial charge in [-0.3, -0.25) is 30.0 Å². The Morgan fingerprint density at radius 1 is 0.623 bits per heavy atom. The van der Waals surface area contributed by atoms with Gasteiger partial charge in [0.15, 0.2) is 5.78 Å². The van der Waals surface area contributed by atoms with Gasteiger partial charge in [0.25, 0.3) is 5.91 Å². The molecule has 0 spiro atoms. The number of aromatic amines is 2. The van der Waals surface area contributed by atoms with Crippen molar-refractivity contribution in [2.75, 3.05) is 85.8 Å². The third-order valence-corrected chi connectivity index (χ3v) is 19.7. The number of rotatable bonds is 11. The third-order valence-electron chi connectivity index (χ3n) is 17.4. The number of nitrogens with one attached hydrogen (secondary N) is 5. The summed E-state index contributed by atoms with van der Waals surface area (Å²) in [6.45, 7) is 25.8. The standard InChI is InChI=1S/C22H25N3O2.C16H20BrFN2O3.C11H10BrFO2.C11H11BrN2O.C6H3BrF.C5H7ClO2.C5H12N2O2.C4H8O.BH.BrH.U.Zn/c1-4-23-22(26)17-9-13(2)14(3)19(10-17)15-5-6-18-20(11-15)24-25-21(18)16-7-8-27-12-16;1-16(2,3)23-15(21)20-19-14(10-6-7-22-9-10)12-5-4-11(17)8-13(12)18;12-8-1-2-9(10(13)5-8)11(14)7-3-4-15-6-7;12-8-1-2-9-10(5-8)13-14-11(9)7-3-4-15-6-7;7-5-2-1-3-6(8)4-5;6-5(7)4-1-2-8-3-4;1-5(2,3)9-4(8)7-6;1-2-4-5-3-1;;;;/h5-6,9-11,16H,4,7-8,12H2,1-3H3,(H,23,26)(H,24,25);4-5,8,10H,6-7,9H2,1-3H3,(H,20,21);1-2,5,7H,3-4,6H2;1-2,5,7H,3-4,6H2,(H,13,14);1-2,4H;4H,1-3H2;6H2,1-3H3,(H,7,8);1-4H2;2*1H;;/q;;;;-1;;;;;;;+2/p-1/b;19-14-;;;;;;;;;;/i;;;;;;;;1D;;;. The summed E-state index contributed by atoms with van der Waals surface area (Å²) in [6.07, 6.45) is 5.61. The van der Waals surface area contributed by atoms with Gasteiger partial charge >= 0.3 is 42.2 Å². The number of hydrogen-bond acceptors (Lipinski definition) is 17. The van der Waals surface area contributed by atoms with Crippen LogP contribution in [0.15, 0.2) is 126 Å². The second-order valence-electron chi connectivity index (χ2n) is 28.1. The Morgan fingerprint density at radius 3 is 1.53 bits per heavy atom. The summed E-state index contributed by atoms with van der Waals surface area (Å²) < 4.78 is 89.2.